The van der Waals surface area contributed by atoms with Crippen LogP contribution in [0.15, 0.2) is 17.1 Å². The van der Waals surface area contributed by atoms with Gasteiger partial charge in [-0.25, -0.2) is 0 Å². The summed E-state index contributed by atoms with van der Waals surface area (Å²) in [5.74, 6) is 0.633. The Labute approximate surface area is 66.0 Å². The number of aliphatic imine (C=N–C) groups is 1. The lowest BCUT2D eigenvalue weighted by Crippen LogP contribution is -2.14. The summed E-state index contributed by atoms with van der Waals surface area (Å²) in [5.41, 5.74) is 5.40. The van der Waals surface area contributed by atoms with Crippen LogP contribution in [0.2, 0.25) is 0 Å². The van der Waals surface area contributed by atoms with Crippen LogP contribution in [0.4, 0.5) is 0 Å². The molecule has 0 radical (unpaired) electrons. The smallest absolute Gasteiger partial charge is 0.247 e. The summed E-state index contributed by atoms with van der Waals surface area (Å²) in [5, 5.41) is 0. The van der Waals surface area contributed by atoms with E-state index in [2.05, 4.69) is 11.9 Å². The molecule has 0 bridgehead atoms. The molecule has 0 aliphatic carbocycles. The van der Waals surface area contributed by atoms with Gasteiger partial charge in [-0.15, -0.1) is 0 Å². The van der Waals surface area contributed by atoms with Crippen LogP contribution in [0, 0.1) is 5.92 Å². The molecule has 0 fully saturated rings. The van der Waals surface area contributed by atoms with Gasteiger partial charge >= 0.3 is 0 Å². The number of allylic oxidation sites excluding steroid dienone is 1. The second kappa shape index (κ2) is 3.32. The first-order chi connectivity index (χ1) is 5.18. The first-order valence-corrected chi connectivity index (χ1v) is 3.73. The van der Waals surface area contributed by atoms with Gasteiger partial charge in [0.15, 0.2) is 0 Å². The first-order valence-electron chi connectivity index (χ1n) is 3.73. The highest BCUT2D eigenvalue weighted by molar-refractivity contribution is 6.00. The Morgan fingerprint density at radius 3 is 3.18 bits per heavy atom. The molecular formula is C8H12N2O. The summed E-state index contributed by atoms with van der Waals surface area (Å²) < 4.78 is 0. The summed E-state index contributed by atoms with van der Waals surface area (Å²) in [4.78, 5) is 14.5. The average Bonchev–Trinajstić information content (AvgIpc) is 1.95. The molecule has 1 atom stereocenters. The third kappa shape index (κ3) is 2.53. The zero-order valence-electron chi connectivity index (χ0n) is 6.58. The highest BCUT2D eigenvalue weighted by Crippen LogP contribution is 2.09. The number of hydrogen-bond acceptors (Lipinski definition) is 2. The standard InChI is InChI=1S/C8H12N2O/c1-6-2-4-7(9)10-8(11)5-3-6/h2,4,6H,3,5H2,1H3,(H2,9,10,11)/b4-2-. The summed E-state index contributed by atoms with van der Waals surface area (Å²) in [7, 11) is 0. The van der Waals surface area contributed by atoms with E-state index in [1.54, 1.807) is 6.08 Å². The van der Waals surface area contributed by atoms with E-state index in [0.717, 1.165) is 6.42 Å². The molecule has 1 aliphatic rings. The van der Waals surface area contributed by atoms with Crippen LogP contribution in [0.25, 0.3) is 0 Å². The molecule has 1 heterocycles. The summed E-state index contributed by atoms with van der Waals surface area (Å²) in [6, 6.07) is 0. The van der Waals surface area contributed by atoms with Crippen LogP contribution in [0.1, 0.15) is 19.8 Å². The largest absolute Gasteiger partial charge is 0.384 e. The van der Waals surface area contributed by atoms with E-state index in [-0.39, 0.29) is 5.91 Å². The Morgan fingerprint density at radius 1 is 1.73 bits per heavy atom. The Hall–Kier alpha value is -1.12. The van der Waals surface area contributed by atoms with Crippen molar-refractivity contribution in [2.24, 2.45) is 16.6 Å². The number of carbonyl (C=O) groups is 1. The minimum Gasteiger partial charge on any atom is -0.384 e. The maximum Gasteiger partial charge on any atom is 0.247 e. The van der Waals surface area contributed by atoms with Gasteiger partial charge in [0.2, 0.25) is 5.91 Å². The van der Waals surface area contributed by atoms with Gasteiger partial charge in [-0.3, -0.25) is 4.79 Å². The maximum absolute atomic E-state index is 10.9. The van der Waals surface area contributed by atoms with E-state index >= 15 is 0 Å². The monoisotopic (exact) mass is 152 g/mol. The van der Waals surface area contributed by atoms with Gasteiger partial charge in [0, 0.05) is 6.42 Å². The van der Waals surface area contributed by atoms with Gasteiger partial charge < -0.3 is 5.73 Å². The molecule has 0 saturated carbocycles. The molecule has 0 aromatic carbocycles. The molecule has 2 N–H and O–H groups in total. The van der Waals surface area contributed by atoms with Crippen molar-refractivity contribution in [1.29, 1.82) is 0 Å². The van der Waals surface area contributed by atoms with Crippen molar-refractivity contribution < 1.29 is 4.79 Å². The van der Waals surface area contributed by atoms with Gasteiger partial charge in [-0.1, -0.05) is 13.0 Å². The number of amidine groups is 1. The third-order valence-corrected chi connectivity index (χ3v) is 1.66. The minimum absolute atomic E-state index is 0.112. The lowest BCUT2D eigenvalue weighted by Gasteiger charge is -2.06. The second-order valence-electron chi connectivity index (χ2n) is 2.81. The van der Waals surface area contributed by atoms with E-state index < -0.39 is 0 Å². The van der Waals surface area contributed by atoms with Gasteiger partial charge in [0.1, 0.15) is 5.84 Å². The molecule has 1 aliphatic heterocycles. The number of amides is 1. The van der Waals surface area contributed by atoms with Gasteiger partial charge in [-0.2, -0.15) is 4.99 Å². The fourth-order valence-corrected chi connectivity index (χ4v) is 0.947. The fraction of sp³-hybridized carbons (Fsp3) is 0.500. The Balaban J connectivity index is 2.75. The average molecular weight is 152 g/mol. The highest BCUT2D eigenvalue weighted by atomic mass is 16.1. The van der Waals surface area contributed by atoms with E-state index in [1.807, 2.05) is 6.08 Å². The molecule has 0 aromatic rings. The minimum atomic E-state index is -0.112. The Bertz CT molecular complexity index is 218. The fourth-order valence-electron chi connectivity index (χ4n) is 0.947. The predicted molar refractivity (Wildman–Crippen MR) is 44.2 cm³/mol. The van der Waals surface area contributed by atoms with E-state index in [4.69, 9.17) is 5.73 Å². The van der Waals surface area contributed by atoms with E-state index in [1.165, 1.54) is 0 Å². The third-order valence-electron chi connectivity index (χ3n) is 1.66. The molecule has 0 aromatic heterocycles. The van der Waals surface area contributed by atoms with Gasteiger partial charge in [-0.05, 0) is 18.4 Å². The topological polar surface area (TPSA) is 55.4 Å². The highest BCUT2D eigenvalue weighted by Gasteiger charge is 2.06. The molecule has 60 valence electrons. The number of hydrogen-bond donors (Lipinski definition) is 1. The van der Waals surface area contributed by atoms with Crippen LogP contribution in [0.3, 0.4) is 0 Å². The number of rotatable bonds is 0. The van der Waals surface area contributed by atoms with Gasteiger partial charge in [0.05, 0.1) is 0 Å². The maximum atomic E-state index is 10.9. The number of nitrogens with zero attached hydrogens (tertiary/aromatic N) is 1. The van der Waals surface area contributed by atoms with Crippen molar-refractivity contribution in [2.75, 3.05) is 0 Å². The molecule has 3 heteroatoms. The lowest BCUT2D eigenvalue weighted by atomic mass is 10.0. The zero-order valence-corrected chi connectivity index (χ0v) is 6.58. The number of carbonyl (C=O) groups excluding carboxylic acids is 1. The van der Waals surface area contributed by atoms with Crippen molar-refractivity contribution in [2.45, 2.75) is 19.8 Å². The molecule has 1 amide bonds. The van der Waals surface area contributed by atoms with Crippen LogP contribution in [0.5, 0.6) is 0 Å². The van der Waals surface area contributed by atoms with Crippen molar-refractivity contribution in [3.63, 3.8) is 0 Å². The van der Waals surface area contributed by atoms with Crippen LogP contribution in [-0.4, -0.2) is 11.7 Å². The van der Waals surface area contributed by atoms with Crippen molar-refractivity contribution in [1.82, 2.24) is 0 Å². The van der Waals surface area contributed by atoms with Crippen molar-refractivity contribution in [3.05, 3.63) is 12.2 Å². The Morgan fingerprint density at radius 2 is 2.45 bits per heavy atom. The van der Waals surface area contributed by atoms with E-state index in [9.17, 15) is 4.79 Å². The summed E-state index contributed by atoms with van der Waals surface area (Å²) in [6.07, 6.45) is 5.05. The van der Waals surface area contributed by atoms with Crippen molar-refractivity contribution >= 4 is 11.7 Å². The first kappa shape index (κ1) is 7.98. The molecular weight excluding hydrogens is 140 g/mol. The SMILES string of the molecule is CC1/C=C\C(N)=NC(=O)CC1. The van der Waals surface area contributed by atoms with Crippen LogP contribution >= 0.6 is 0 Å². The summed E-state index contributed by atoms with van der Waals surface area (Å²) >= 11 is 0. The quantitative estimate of drug-likeness (QED) is 0.559. The molecule has 0 spiro atoms. The predicted octanol–water partition coefficient (Wildman–Crippen LogP) is 0.856. The van der Waals surface area contributed by atoms with Crippen molar-refractivity contribution in [3.8, 4) is 0 Å². The summed E-state index contributed by atoms with van der Waals surface area (Å²) in [6.45, 7) is 2.06. The normalized spacial score (nSPS) is 28.6. The second-order valence-corrected chi connectivity index (χ2v) is 2.81. The molecule has 0 saturated heterocycles. The lowest BCUT2D eigenvalue weighted by molar-refractivity contribution is -0.118. The molecule has 3 nitrogen and oxygen atoms in total. The molecule has 1 unspecified atom stereocenters. The molecule has 11 heavy (non-hydrogen) atoms. The van der Waals surface area contributed by atoms with Gasteiger partial charge in [0.25, 0.3) is 0 Å². The Kier molecular flexibility index (Phi) is 2.41. The molecule has 1 rings (SSSR count). The zero-order chi connectivity index (χ0) is 8.27. The number of nitrogens with two attached hydrogens (primary N) is 1. The van der Waals surface area contributed by atoms with Crippen LogP contribution < -0.4 is 5.73 Å². The van der Waals surface area contributed by atoms with Crippen LogP contribution in [-0.2, 0) is 4.79 Å². The van der Waals surface area contributed by atoms with E-state index in [0.29, 0.717) is 18.2 Å².